The van der Waals surface area contributed by atoms with E-state index in [1.165, 1.54) is 11.1 Å². The first-order valence-electron chi connectivity index (χ1n) is 10.5. The van der Waals surface area contributed by atoms with E-state index in [4.69, 9.17) is 14.0 Å². The summed E-state index contributed by atoms with van der Waals surface area (Å²) in [5.41, 5.74) is 4.50. The van der Waals surface area contributed by atoms with Crippen molar-refractivity contribution in [2.24, 2.45) is 0 Å². The molecule has 1 aromatic heterocycles. The van der Waals surface area contributed by atoms with Crippen LogP contribution >= 0.6 is 0 Å². The summed E-state index contributed by atoms with van der Waals surface area (Å²) in [6.45, 7) is 2.55. The van der Waals surface area contributed by atoms with Gasteiger partial charge in [0.25, 0.3) is 0 Å². The van der Waals surface area contributed by atoms with E-state index in [2.05, 4.69) is 65.6 Å². The molecule has 1 unspecified atom stereocenters. The molecule has 1 saturated carbocycles. The quantitative estimate of drug-likeness (QED) is 0.378. The standard InChI is InChI=1S/C26H24N2O3/c1-17-8-10-18(11-9-17)16-30-23-13-12-20(14-24(23)29-2)25-27-26(31-28-25)22-15-21(22)19-6-4-3-5-7-19/h3-14,21-22H,15-16H2,1-2H3/t21-,22?/m0/s1. The number of rotatable bonds is 7. The van der Waals surface area contributed by atoms with Crippen molar-refractivity contribution >= 4 is 0 Å². The number of hydrogen-bond acceptors (Lipinski definition) is 5. The van der Waals surface area contributed by atoms with E-state index in [1.807, 2.05) is 24.3 Å². The molecule has 0 amide bonds. The van der Waals surface area contributed by atoms with E-state index < -0.39 is 0 Å². The lowest BCUT2D eigenvalue weighted by Crippen LogP contribution is -1.98. The number of aromatic nitrogens is 2. The van der Waals surface area contributed by atoms with Crippen molar-refractivity contribution in [1.29, 1.82) is 0 Å². The molecule has 31 heavy (non-hydrogen) atoms. The molecule has 0 bridgehead atoms. The SMILES string of the molecule is COc1cc(-c2noc(C3C[C@H]3c3ccccc3)n2)ccc1OCc1ccc(C)cc1. The van der Waals surface area contributed by atoms with Gasteiger partial charge in [-0.2, -0.15) is 4.98 Å². The van der Waals surface area contributed by atoms with Crippen LogP contribution in [0.5, 0.6) is 11.5 Å². The molecule has 0 N–H and O–H groups in total. The molecule has 2 atom stereocenters. The maximum atomic E-state index is 5.97. The Morgan fingerprint density at radius 1 is 0.935 bits per heavy atom. The fourth-order valence-corrected chi connectivity index (χ4v) is 3.81. The van der Waals surface area contributed by atoms with E-state index in [1.54, 1.807) is 7.11 Å². The number of benzene rings is 3. The highest BCUT2D eigenvalue weighted by molar-refractivity contribution is 5.60. The number of ether oxygens (including phenoxy) is 2. The molecule has 1 fully saturated rings. The van der Waals surface area contributed by atoms with Crippen LogP contribution in [0, 0.1) is 6.92 Å². The second kappa shape index (κ2) is 8.26. The predicted octanol–water partition coefficient (Wildman–Crippen LogP) is 5.90. The van der Waals surface area contributed by atoms with E-state index >= 15 is 0 Å². The minimum Gasteiger partial charge on any atom is -0.493 e. The predicted molar refractivity (Wildman–Crippen MR) is 118 cm³/mol. The summed E-state index contributed by atoms with van der Waals surface area (Å²) in [5, 5.41) is 4.20. The van der Waals surface area contributed by atoms with Gasteiger partial charge in [0.05, 0.1) is 7.11 Å². The first-order chi connectivity index (χ1) is 15.2. The molecule has 5 rings (SSSR count). The molecule has 0 radical (unpaired) electrons. The Morgan fingerprint density at radius 3 is 2.52 bits per heavy atom. The Balaban J connectivity index is 1.29. The summed E-state index contributed by atoms with van der Waals surface area (Å²) in [7, 11) is 1.63. The molecule has 4 aromatic rings. The molecule has 5 nitrogen and oxygen atoms in total. The third kappa shape index (κ3) is 4.17. The fraction of sp³-hybridized carbons (Fsp3) is 0.231. The van der Waals surface area contributed by atoms with Crippen LogP contribution in [0.3, 0.4) is 0 Å². The van der Waals surface area contributed by atoms with Gasteiger partial charge in [0.2, 0.25) is 11.7 Å². The lowest BCUT2D eigenvalue weighted by Gasteiger charge is -2.11. The third-order valence-electron chi connectivity index (χ3n) is 5.71. The van der Waals surface area contributed by atoms with Gasteiger partial charge in [-0.3, -0.25) is 0 Å². The van der Waals surface area contributed by atoms with E-state index in [0.29, 0.717) is 41.7 Å². The molecule has 0 aliphatic heterocycles. The Morgan fingerprint density at radius 2 is 1.74 bits per heavy atom. The minimum atomic E-state index is 0.294. The first kappa shape index (κ1) is 19.4. The minimum absolute atomic E-state index is 0.294. The van der Waals surface area contributed by atoms with Gasteiger partial charge in [-0.1, -0.05) is 65.3 Å². The molecular weight excluding hydrogens is 388 g/mol. The van der Waals surface area contributed by atoms with Crippen molar-refractivity contribution in [3.63, 3.8) is 0 Å². The number of methoxy groups -OCH3 is 1. The summed E-state index contributed by atoms with van der Waals surface area (Å²) in [5.74, 6) is 3.34. The van der Waals surface area contributed by atoms with Gasteiger partial charge in [-0.25, -0.2) is 0 Å². The van der Waals surface area contributed by atoms with Crippen molar-refractivity contribution in [3.8, 4) is 22.9 Å². The molecule has 1 heterocycles. The maximum Gasteiger partial charge on any atom is 0.230 e. The highest BCUT2D eigenvalue weighted by Crippen LogP contribution is 2.54. The second-order valence-electron chi connectivity index (χ2n) is 7.96. The Hall–Kier alpha value is -3.60. The van der Waals surface area contributed by atoms with Crippen molar-refractivity contribution in [1.82, 2.24) is 10.1 Å². The van der Waals surface area contributed by atoms with Gasteiger partial charge in [0.15, 0.2) is 11.5 Å². The zero-order chi connectivity index (χ0) is 21.2. The monoisotopic (exact) mass is 412 g/mol. The number of nitrogens with zero attached hydrogens (tertiary/aromatic N) is 2. The smallest absolute Gasteiger partial charge is 0.230 e. The van der Waals surface area contributed by atoms with Crippen LogP contribution in [0.15, 0.2) is 77.3 Å². The molecule has 1 aliphatic rings. The zero-order valence-corrected chi connectivity index (χ0v) is 17.6. The summed E-state index contributed by atoms with van der Waals surface area (Å²) < 4.78 is 17.1. The third-order valence-corrected chi connectivity index (χ3v) is 5.71. The Kier molecular flexibility index (Phi) is 5.16. The van der Waals surface area contributed by atoms with Gasteiger partial charge >= 0.3 is 0 Å². The van der Waals surface area contributed by atoms with Crippen molar-refractivity contribution in [2.45, 2.75) is 31.8 Å². The second-order valence-corrected chi connectivity index (χ2v) is 7.96. The van der Waals surface area contributed by atoms with Gasteiger partial charge in [-0.05, 0) is 48.6 Å². The molecule has 5 heteroatoms. The maximum absolute atomic E-state index is 5.97. The largest absolute Gasteiger partial charge is 0.493 e. The van der Waals surface area contributed by atoms with Crippen LogP contribution in [0.25, 0.3) is 11.4 Å². The van der Waals surface area contributed by atoms with Gasteiger partial charge in [0, 0.05) is 11.5 Å². The fourth-order valence-electron chi connectivity index (χ4n) is 3.81. The van der Waals surface area contributed by atoms with E-state index in [9.17, 15) is 0 Å². The number of aryl methyl sites for hydroxylation is 1. The average Bonchev–Trinajstić information content (AvgIpc) is 3.47. The van der Waals surface area contributed by atoms with E-state index in [-0.39, 0.29) is 0 Å². The van der Waals surface area contributed by atoms with Gasteiger partial charge in [0.1, 0.15) is 6.61 Å². The summed E-state index contributed by atoms with van der Waals surface area (Å²) in [6, 6.07) is 24.5. The molecular formula is C26H24N2O3. The van der Waals surface area contributed by atoms with Crippen molar-refractivity contribution in [3.05, 3.63) is 95.4 Å². The molecule has 3 aromatic carbocycles. The van der Waals surface area contributed by atoms with Crippen LogP contribution in [0.1, 0.15) is 40.8 Å². The van der Waals surface area contributed by atoms with Crippen LogP contribution in [0.2, 0.25) is 0 Å². The van der Waals surface area contributed by atoms with Crippen LogP contribution in [-0.2, 0) is 6.61 Å². The van der Waals surface area contributed by atoms with Gasteiger partial charge < -0.3 is 14.0 Å². The molecule has 156 valence electrons. The molecule has 0 spiro atoms. The van der Waals surface area contributed by atoms with Crippen molar-refractivity contribution in [2.75, 3.05) is 7.11 Å². The summed E-state index contributed by atoms with van der Waals surface area (Å²) in [6.07, 6.45) is 1.04. The highest BCUT2D eigenvalue weighted by atomic mass is 16.5. The van der Waals surface area contributed by atoms with Crippen LogP contribution < -0.4 is 9.47 Å². The Bertz CT molecular complexity index is 1170. The summed E-state index contributed by atoms with van der Waals surface area (Å²) in [4.78, 5) is 4.65. The number of hydrogen-bond donors (Lipinski definition) is 0. The lowest BCUT2D eigenvalue weighted by molar-refractivity contribution is 0.284. The lowest BCUT2D eigenvalue weighted by atomic mass is 10.1. The van der Waals surface area contributed by atoms with Crippen LogP contribution in [0.4, 0.5) is 0 Å². The Labute approximate surface area is 181 Å². The normalized spacial score (nSPS) is 17.4. The van der Waals surface area contributed by atoms with Gasteiger partial charge in [-0.15, -0.1) is 0 Å². The van der Waals surface area contributed by atoms with E-state index in [0.717, 1.165) is 17.5 Å². The molecule has 1 aliphatic carbocycles. The summed E-state index contributed by atoms with van der Waals surface area (Å²) >= 11 is 0. The first-order valence-corrected chi connectivity index (χ1v) is 10.5. The van der Waals surface area contributed by atoms with Crippen LogP contribution in [-0.4, -0.2) is 17.3 Å². The molecule has 0 saturated heterocycles. The topological polar surface area (TPSA) is 57.4 Å². The zero-order valence-electron chi connectivity index (χ0n) is 17.6. The average molecular weight is 412 g/mol. The highest BCUT2D eigenvalue weighted by Gasteiger charge is 2.43. The van der Waals surface area contributed by atoms with Crippen molar-refractivity contribution < 1.29 is 14.0 Å².